The molecule has 0 aromatic rings. The molecule has 0 radical (unpaired) electrons. The highest BCUT2D eigenvalue weighted by atomic mass is 32.2. The highest BCUT2D eigenvalue weighted by Gasteiger charge is 2.61. The van der Waals surface area contributed by atoms with E-state index in [0.717, 1.165) is 0 Å². The predicted octanol–water partition coefficient (Wildman–Crippen LogP) is -0.621. The van der Waals surface area contributed by atoms with Crippen LogP contribution in [0.2, 0.25) is 0 Å². The summed E-state index contributed by atoms with van der Waals surface area (Å²) in [6.45, 7) is 0. The molecule has 0 aromatic carbocycles. The summed E-state index contributed by atoms with van der Waals surface area (Å²) in [6, 6.07) is 0. The lowest BCUT2D eigenvalue weighted by Gasteiger charge is -2.15. The highest BCUT2D eigenvalue weighted by molar-refractivity contribution is 7.95. The molecule has 0 aromatic heterocycles. The fraction of sp³-hybridized carbons (Fsp3) is 0.571. The van der Waals surface area contributed by atoms with Crippen LogP contribution in [-0.4, -0.2) is 41.6 Å². The lowest BCUT2D eigenvalue weighted by molar-refractivity contribution is -0.153. The third-order valence-corrected chi connectivity index (χ3v) is 4.15. The number of Topliss-reactive ketones (excluding diaryl/α,β-unsaturated/α-hetero) is 2. The van der Waals surface area contributed by atoms with Crippen molar-refractivity contribution < 1.29 is 36.7 Å². The Labute approximate surface area is 88.2 Å². The van der Waals surface area contributed by atoms with Crippen LogP contribution in [0.5, 0.6) is 0 Å². The van der Waals surface area contributed by atoms with Gasteiger partial charge in [0.1, 0.15) is 0 Å². The lowest BCUT2D eigenvalue weighted by atomic mass is 10.3. The van der Waals surface area contributed by atoms with Gasteiger partial charge in [0, 0.05) is 12.8 Å². The molecule has 90 valence electrons. The first kappa shape index (κ1) is 12.7. The first-order chi connectivity index (χ1) is 7.12. The van der Waals surface area contributed by atoms with Gasteiger partial charge in [-0.25, -0.2) is 13.2 Å². The Morgan fingerprint density at radius 1 is 1.25 bits per heavy atom. The standard InChI is InChI=1S/C7H6F2O6S/c8-7(9,6(12)13)16(14,15)5-3(10)1-2-4(5)11/h5H,1-2H2,(H,12,13). The molecule has 1 N–H and O–H groups in total. The largest absolute Gasteiger partial charge is 0.476 e. The van der Waals surface area contributed by atoms with Gasteiger partial charge in [-0.15, -0.1) is 0 Å². The van der Waals surface area contributed by atoms with Crippen LogP contribution in [0.3, 0.4) is 0 Å². The molecule has 0 atom stereocenters. The third kappa shape index (κ3) is 1.60. The number of hydrogen-bond donors (Lipinski definition) is 1. The molecule has 0 bridgehead atoms. The first-order valence-corrected chi connectivity index (χ1v) is 5.57. The van der Waals surface area contributed by atoms with E-state index >= 15 is 0 Å². The van der Waals surface area contributed by atoms with Crippen LogP contribution >= 0.6 is 0 Å². The molecule has 0 unspecified atom stereocenters. The molecule has 1 saturated carbocycles. The Balaban J connectivity index is 3.27. The fourth-order valence-corrected chi connectivity index (χ4v) is 2.77. The van der Waals surface area contributed by atoms with Gasteiger partial charge < -0.3 is 5.11 Å². The van der Waals surface area contributed by atoms with Gasteiger partial charge in [-0.05, 0) is 0 Å². The van der Waals surface area contributed by atoms with Gasteiger partial charge in [-0.3, -0.25) is 9.59 Å². The van der Waals surface area contributed by atoms with E-state index in [1.807, 2.05) is 0 Å². The van der Waals surface area contributed by atoms with Gasteiger partial charge in [0.25, 0.3) is 0 Å². The number of aliphatic carboxylic acids is 1. The Hall–Kier alpha value is -1.38. The number of carboxylic acids is 1. The van der Waals surface area contributed by atoms with Gasteiger partial charge in [0.2, 0.25) is 9.84 Å². The van der Waals surface area contributed by atoms with Crippen LogP contribution in [0.15, 0.2) is 0 Å². The molecular formula is C7H6F2O6S. The second-order valence-electron chi connectivity index (χ2n) is 3.18. The van der Waals surface area contributed by atoms with E-state index in [2.05, 4.69) is 0 Å². The maximum Gasteiger partial charge on any atom is 0.440 e. The summed E-state index contributed by atoms with van der Waals surface area (Å²) < 4.78 is 48.0. The third-order valence-electron chi connectivity index (χ3n) is 2.12. The summed E-state index contributed by atoms with van der Waals surface area (Å²) in [4.78, 5) is 32.0. The normalized spacial score (nSPS) is 19.1. The van der Waals surface area contributed by atoms with Crippen molar-refractivity contribution in [1.82, 2.24) is 0 Å². The molecule has 0 saturated heterocycles. The zero-order valence-electron chi connectivity index (χ0n) is 7.64. The van der Waals surface area contributed by atoms with Crippen LogP contribution in [0.25, 0.3) is 0 Å². The zero-order chi connectivity index (χ0) is 12.7. The molecule has 16 heavy (non-hydrogen) atoms. The predicted molar refractivity (Wildman–Crippen MR) is 44.5 cm³/mol. The van der Waals surface area contributed by atoms with Crippen molar-refractivity contribution in [3.8, 4) is 0 Å². The molecular weight excluding hydrogens is 250 g/mol. The highest BCUT2D eigenvalue weighted by Crippen LogP contribution is 2.31. The molecule has 0 aliphatic heterocycles. The van der Waals surface area contributed by atoms with Gasteiger partial charge in [0.15, 0.2) is 16.8 Å². The quantitative estimate of drug-likeness (QED) is 0.674. The Morgan fingerprint density at radius 2 is 1.62 bits per heavy atom. The average Bonchev–Trinajstić information content (AvgIpc) is 2.45. The number of carbonyl (C=O) groups is 3. The van der Waals surface area contributed by atoms with E-state index in [9.17, 15) is 31.6 Å². The van der Waals surface area contributed by atoms with Crippen LogP contribution in [0.4, 0.5) is 8.78 Å². The molecule has 1 rings (SSSR count). The Kier molecular flexibility index (Phi) is 2.84. The molecule has 1 aliphatic carbocycles. The number of rotatable bonds is 3. The molecule has 1 fully saturated rings. The van der Waals surface area contributed by atoms with E-state index < -0.39 is 50.7 Å². The van der Waals surface area contributed by atoms with Gasteiger partial charge in [0.05, 0.1) is 0 Å². The van der Waals surface area contributed by atoms with Crippen molar-refractivity contribution >= 4 is 27.4 Å². The molecule has 9 heteroatoms. The van der Waals surface area contributed by atoms with E-state index in [4.69, 9.17) is 5.11 Å². The number of halogens is 2. The maximum absolute atomic E-state index is 12.8. The van der Waals surface area contributed by atoms with Crippen LogP contribution in [-0.2, 0) is 24.2 Å². The minimum absolute atomic E-state index is 0.460. The van der Waals surface area contributed by atoms with Crippen molar-refractivity contribution in [3.63, 3.8) is 0 Å². The fourth-order valence-electron chi connectivity index (χ4n) is 1.30. The second-order valence-corrected chi connectivity index (χ2v) is 5.25. The van der Waals surface area contributed by atoms with E-state index in [-0.39, 0.29) is 0 Å². The summed E-state index contributed by atoms with van der Waals surface area (Å²) in [6.07, 6.45) is -0.920. The summed E-state index contributed by atoms with van der Waals surface area (Å²) in [5.41, 5.74) is 0. The second kappa shape index (κ2) is 3.58. The van der Waals surface area contributed by atoms with E-state index in [0.29, 0.717) is 0 Å². The van der Waals surface area contributed by atoms with Gasteiger partial charge in [-0.2, -0.15) is 8.78 Å². The summed E-state index contributed by atoms with van der Waals surface area (Å²) in [7, 11) is -5.67. The van der Waals surface area contributed by atoms with E-state index in [1.54, 1.807) is 0 Å². The van der Waals surface area contributed by atoms with Crippen LogP contribution < -0.4 is 0 Å². The van der Waals surface area contributed by atoms with Crippen LogP contribution in [0.1, 0.15) is 12.8 Å². The number of sulfone groups is 1. The van der Waals surface area contributed by atoms with Crippen LogP contribution in [0, 0.1) is 0 Å². The number of hydrogen-bond acceptors (Lipinski definition) is 5. The van der Waals surface area contributed by atoms with Gasteiger partial charge in [-0.1, -0.05) is 0 Å². The maximum atomic E-state index is 12.8. The Bertz CT molecular complexity index is 449. The van der Waals surface area contributed by atoms with Crippen molar-refractivity contribution in [1.29, 1.82) is 0 Å². The average molecular weight is 256 g/mol. The molecule has 0 spiro atoms. The number of alkyl halides is 2. The molecule has 0 amide bonds. The SMILES string of the molecule is O=C1CCC(=O)C1S(=O)(=O)C(F)(F)C(=O)O. The molecule has 0 heterocycles. The lowest BCUT2D eigenvalue weighted by Crippen LogP contribution is -2.47. The molecule has 6 nitrogen and oxygen atoms in total. The number of ketones is 2. The van der Waals surface area contributed by atoms with Gasteiger partial charge >= 0.3 is 11.2 Å². The van der Waals surface area contributed by atoms with E-state index in [1.165, 1.54) is 0 Å². The minimum atomic E-state index is -5.67. The van der Waals surface area contributed by atoms with Crippen molar-refractivity contribution in [3.05, 3.63) is 0 Å². The minimum Gasteiger partial charge on any atom is -0.476 e. The topological polar surface area (TPSA) is 106 Å². The Morgan fingerprint density at radius 3 is 1.94 bits per heavy atom. The van der Waals surface area contributed by atoms with Crippen molar-refractivity contribution in [2.75, 3.05) is 0 Å². The van der Waals surface area contributed by atoms with Crippen molar-refractivity contribution in [2.45, 2.75) is 23.3 Å². The molecule has 1 aliphatic rings. The first-order valence-electron chi connectivity index (χ1n) is 4.02. The number of carboxylic acid groups (broad SMARTS) is 1. The summed E-state index contributed by atoms with van der Waals surface area (Å²) >= 11 is 0. The summed E-state index contributed by atoms with van der Waals surface area (Å²) in [5.74, 6) is -5.28. The van der Waals surface area contributed by atoms with Crippen molar-refractivity contribution in [2.24, 2.45) is 0 Å². The number of carbonyl (C=O) groups excluding carboxylic acids is 2. The summed E-state index contributed by atoms with van der Waals surface area (Å²) in [5, 5.41) is 0.383. The smallest absolute Gasteiger partial charge is 0.440 e. The zero-order valence-corrected chi connectivity index (χ0v) is 8.46. The monoisotopic (exact) mass is 256 g/mol.